The van der Waals surface area contributed by atoms with Crippen molar-refractivity contribution in [3.05, 3.63) is 56.9 Å². The second-order valence-corrected chi connectivity index (χ2v) is 7.80. The second kappa shape index (κ2) is 10.4. The number of carbonyl (C=O) groups excluding carboxylic acids is 2. The Kier molecular flexibility index (Phi) is 7.64. The number of hydrogen-bond acceptors (Lipinski definition) is 7. The number of ether oxygens (including phenoxy) is 1. The molecule has 0 aliphatic carbocycles. The van der Waals surface area contributed by atoms with Gasteiger partial charge >= 0.3 is 11.8 Å². The average molecular weight is 512 g/mol. The third-order valence-electron chi connectivity index (χ3n) is 4.16. The smallest absolute Gasteiger partial charge is 0.316 e. The fraction of sp³-hybridized carbons (Fsp3) is 0.316. The third-order valence-corrected chi connectivity index (χ3v) is 5.24. The zero-order valence-corrected chi connectivity index (χ0v) is 19.2. The van der Waals surface area contributed by atoms with E-state index in [4.69, 9.17) is 20.9 Å². The van der Waals surface area contributed by atoms with Crippen LogP contribution in [0.15, 0.2) is 33.3 Å². The Bertz CT molecular complexity index is 1070. The highest BCUT2D eigenvalue weighted by Crippen LogP contribution is 2.19. The normalized spacial score (nSPS) is 10.7. The lowest BCUT2D eigenvalue weighted by Gasteiger charge is -2.07. The Balaban J connectivity index is 1.38. The second-order valence-electron chi connectivity index (χ2n) is 6.51. The molecule has 0 fully saturated rings. The van der Waals surface area contributed by atoms with Crippen LogP contribution < -0.4 is 15.4 Å². The van der Waals surface area contributed by atoms with Crippen molar-refractivity contribution in [2.45, 2.75) is 20.4 Å². The highest BCUT2D eigenvalue weighted by molar-refractivity contribution is 9.10. The monoisotopic (exact) mass is 510 g/mol. The molecule has 31 heavy (non-hydrogen) atoms. The van der Waals surface area contributed by atoms with Crippen LogP contribution in [-0.2, 0) is 11.3 Å². The summed E-state index contributed by atoms with van der Waals surface area (Å²) in [5.41, 5.74) is 1.47. The molecule has 10 nitrogen and oxygen atoms in total. The number of carbonyl (C=O) groups is 2. The summed E-state index contributed by atoms with van der Waals surface area (Å²) in [6.07, 6.45) is 0. The first-order valence-corrected chi connectivity index (χ1v) is 10.5. The minimum absolute atomic E-state index is 0.126. The van der Waals surface area contributed by atoms with Gasteiger partial charge in [-0.1, -0.05) is 32.7 Å². The van der Waals surface area contributed by atoms with Crippen LogP contribution in [0.3, 0.4) is 0 Å². The predicted octanol–water partition coefficient (Wildman–Crippen LogP) is 2.27. The van der Waals surface area contributed by atoms with E-state index in [1.54, 1.807) is 23.7 Å². The number of benzene rings is 1. The van der Waals surface area contributed by atoms with Crippen molar-refractivity contribution >= 4 is 39.3 Å². The molecule has 0 aliphatic rings. The number of amides is 2. The maximum atomic E-state index is 12.1. The van der Waals surface area contributed by atoms with Crippen LogP contribution in [0, 0.1) is 13.8 Å². The van der Waals surface area contributed by atoms with E-state index in [0.29, 0.717) is 22.3 Å². The molecular weight excluding hydrogens is 492 g/mol. The van der Waals surface area contributed by atoms with Gasteiger partial charge in [0.1, 0.15) is 12.3 Å². The Hall–Kier alpha value is -2.92. The van der Waals surface area contributed by atoms with Crippen LogP contribution in [0.4, 0.5) is 0 Å². The molecule has 2 N–H and O–H groups in total. The number of hydrogen-bond donors (Lipinski definition) is 2. The fourth-order valence-electron chi connectivity index (χ4n) is 2.56. The highest BCUT2D eigenvalue weighted by atomic mass is 79.9. The summed E-state index contributed by atoms with van der Waals surface area (Å²) in [6.45, 7) is 4.14. The number of nitrogens with one attached hydrogen (secondary N) is 2. The molecule has 2 amide bonds. The van der Waals surface area contributed by atoms with Crippen LogP contribution >= 0.6 is 27.5 Å². The largest absolute Gasteiger partial charge is 0.484 e. The minimum atomic E-state index is -0.537. The Labute approximate surface area is 191 Å². The first kappa shape index (κ1) is 22.8. The predicted molar refractivity (Wildman–Crippen MR) is 115 cm³/mol. The molecule has 2 heterocycles. The molecule has 0 spiro atoms. The first-order chi connectivity index (χ1) is 14.8. The Morgan fingerprint density at radius 2 is 1.90 bits per heavy atom. The quantitative estimate of drug-likeness (QED) is 0.422. The summed E-state index contributed by atoms with van der Waals surface area (Å²) in [6, 6.07) is 7.13. The van der Waals surface area contributed by atoms with Gasteiger partial charge in [0, 0.05) is 17.6 Å². The van der Waals surface area contributed by atoms with E-state index in [2.05, 4.69) is 41.8 Å². The number of halogens is 2. The van der Waals surface area contributed by atoms with E-state index in [-0.39, 0.29) is 38.0 Å². The lowest BCUT2D eigenvalue weighted by atomic mass is 10.3. The zero-order valence-electron chi connectivity index (χ0n) is 16.8. The van der Waals surface area contributed by atoms with Gasteiger partial charge in [0.15, 0.2) is 12.4 Å². The van der Waals surface area contributed by atoms with Crippen molar-refractivity contribution in [2.75, 3.05) is 19.7 Å². The van der Waals surface area contributed by atoms with E-state index in [1.165, 1.54) is 0 Å². The van der Waals surface area contributed by atoms with Crippen LogP contribution in [0.5, 0.6) is 5.75 Å². The fourth-order valence-corrected chi connectivity index (χ4v) is 2.96. The summed E-state index contributed by atoms with van der Waals surface area (Å²) in [4.78, 5) is 28.0. The number of aromatic nitrogens is 4. The van der Waals surface area contributed by atoms with E-state index >= 15 is 0 Å². The molecule has 0 bridgehead atoms. The van der Waals surface area contributed by atoms with Crippen molar-refractivity contribution in [2.24, 2.45) is 0 Å². The van der Waals surface area contributed by atoms with E-state index in [9.17, 15) is 9.59 Å². The van der Waals surface area contributed by atoms with E-state index in [0.717, 1.165) is 10.2 Å². The van der Waals surface area contributed by atoms with Gasteiger partial charge in [-0.3, -0.25) is 14.3 Å². The van der Waals surface area contributed by atoms with Gasteiger partial charge in [-0.2, -0.15) is 10.1 Å². The molecule has 0 aliphatic heterocycles. The molecule has 0 unspecified atom stereocenters. The SMILES string of the molecule is Cc1nn(Cc2noc(C(=O)NCCNC(=O)COc3ccc(Br)cc3)n2)c(C)c1Cl. The highest BCUT2D eigenvalue weighted by Gasteiger charge is 2.17. The minimum Gasteiger partial charge on any atom is -0.484 e. The standard InChI is InChI=1S/C19H20BrClN6O4/c1-11-17(21)12(2)27(25-11)9-15-24-19(31-26-15)18(29)23-8-7-22-16(28)10-30-14-5-3-13(20)4-6-14/h3-6H,7-10H2,1-2H3,(H,22,28)(H,23,29). The summed E-state index contributed by atoms with van der Waals surface area (Å²) in [7, 11) is 0. The van der Waals surface area contributed by atoms with Gasteiger partial charge in [0.2, 0.25) is 0 Å². The van der Waals surface area contributed by atoms with Crippen LogP contribution in [0.1, 0.15) is 27.9 Å². The van der Waals surface area contributed by atoms with Gasteiger partial charge in [-0.05, 0) is 38.1 Å². The molecule has 164 valence electrons. The molecule has 12 heteroatoms. The number of rotatable bonds is 9. The van der Waals surface area contributed by atoms with Gasteiger partial charge in [-0.15, -0.1) is 0 Å². The van der Waals surface area contributed by atoms with Crippen molar-refractivity contribution in [3.8, 4) is 5.75 Å². The van der Waals surface area contributed by atoms with Crippen LogP contribution in [0.25, 0.3) is 0 Å². The summed E-state index contributed by atoms with van der Waals surface area (Å²) in [5, 5.41) is 13.9. The zero-order chi connectivity index (χ0) is 22.4. The number of aryl methyl sites for hydroxylation is 1. The first-order valence-electron chi connectivity index (χ1n) is 9.29. The maximum absolute atomic E-state index is 12.1. The molecule has 3 rings (SSSR count). The van der Waals surface area contributed by atoms with Crippen LogP contribution in [-0.4, -0.2) is 51.4 Å². The summed E-state index contributed by atoms with van der Waals surface area (Å²) < 4.78 is 12.9. The van der Waals surface area contributed by atoms with Gasteiger partial charge in [0.25, 0.3) is 5.91 Å². The average Bonchev–Trinajstić information content (AvgIpc) is 3.31. The van der Waals surface area contributed by atoms with Gasteiger partial charge in [-0.25, -0.2) is 0 Å². The lowest BCUT2D eigenvalue weighted by Crippen LogP contribution is -2.36. The molecule has 0 radical (unpaired) electrons. The van der Waals surface area contributed by atoms with Crippen molar-refractivity contribution < 1.29 is 18.8 Å². The molecule has 3 aromatic rings. The molecule has 2 aromatic heterocycles. The van der Waals surface area contributed by atoms with Gasteiger partial charge < -0.3 is 19.9 Å². The van der Waals surface area contributed by atoms with Crippen LogP contribution in [0.2, 0.25) is 5.02 Å². The number of nitrogens with zero attached hydrogens (tertiary/aromatic N) is 4. The summed E-state index contributed by atoms with van der Waals surface area (Å²) >= 11 is 9.44. The molecule has 0 saturated carbocycles. The Morgan fingerprint density at radius 3 is 2.58 bits per heavy atom. The van der Waals surface area contributed by atoms with E-state index < -0.39 is 5.91 Å². The van der Waals surface area contributed by atoms with Crippen molar-refractivity contribution in [3.63, 3.8) is 0 Å². The topological polar surface area (TPSA) is 124 Å². The lowest BCUT2D eigenvalue weighted by molar-refractivity contribution is -0.123. The van der Waals surface area contributed by atoms with E-state index in [1.807, 2.05) is 19.1 Å². The summed E-state index contributed by atoms with van der Waals surface area (Å²) in [5.74, 6) is -0.133. The maximum Gasteiger partial charge on any atom is 0.316 e. The van der Waals surface area contributed by atoms with Gasteiger partial charge in [0.05, 0.1) is 16.4 Å². The third kappa shape index (κ3) is 6.28. The molecule has 1 aromatic carbocycles. The molecular formula is C19H20BrClN6O4. The van der Waals surface area contributed by atoms with Crippen molar-refractivity contribution in [1.82, 2.24) is 30.6 Å². The molecule has 0 atom stereocenters. The Morgan fingerprint density at radius 1 is 1.19 bits per heavy atom. The van der Waals surface area contributed by atoms with Crippen molar-refractivity contribution in [1.29, 1.82) is 0 Å². The molecule has 0 saturated heterocycles.